The summed E-state index contributed by atoms with van der Waals surface area (Å²) < 4.78 is 28.4. The van der Waals surface area contributed by atoms with Gasteiger partial charge in [-0.1, -0.05) is 42.5 Å². The monoisotopic (exact) mass is 384 g/mol. The third-order valence-corrected chi connectivity index (χ3v) is 5.37. The summed E-state index contributed by atoms with van der Waals surface area (Å²) in [6.45, 7) is 4.08. The Labute approximate surface area is 160 Å². The number of benzene rings is 3. The Morgan fingerprint density at radius 3 is 2.44 bits per heavy atom. The van der Waals surface area contributed by atoms with E-state index in [0.29, 0.717) is 13.2 Å². The first-order valence-corrected chi connectivity index (χ1v) is 10.5. The summed E-state index contributed by atoms with van der Waals surface area (Å²) in [4.78, 5) is 0.135. The largest absolute Gasteiger partial charge is 0.494 e. The van der Waals surface area contributed by atoms with Crippen molar-refractivity contribution < 1.29 is 13.2 Å². The summed E-state index contributed by atoms with van der Waals surface area (Å²) in [5, 5.41) is 11.0. The topological polar surface area (TPSA) is 81.4 Å². The molecular formula is C21H24N2O3S. The van der Waals surface area contributed by atoms with Crippen molar-refractivity contribution in [1.82, 2.24) is 5.32 Å². The number of fused-ring (bicyclic) bond motifs is 1. The van der Waals surface area contributed by atoms with Crippen LogP contribution in [0.25, 0.3) is 10.8 Å². The molecule has 0 atom stereocenters. The van der Waals surface area contributed by atoms with Gasteiger partial charge in [0.05, 0.1) is 11.5 Å². The molecule has 3 aromatic rings. The molecule has 0 saturated heterocycles. The van der Waals surface area contributed by atoms with Crippen molar-refractivity contribution in [2.45, 2.75) is 24.8 Å². The van der Waals surface area contributed by atoms with E-state index in [1.807, 2.05) is 25.1 Å². The minimum absolute atomic E-state index is 0.135. The molecule has 0 amide bonds. The van der Waals surface area contributed by atoms with E-state index in [-0.39, 0.29) is 4.90 Å². The van der Waals surface area contributed by atoms with E-state index in [1.165, 1.54) is 10.8 Å². The Morgan fingerprint density at radius 1 is 1.00 bits per heavy atom. The van der Waals surface area contributed by atoms with Crippen molar-refractivity contribution in [1.29, 1.82) is 0 Å². The van der Waals surface area contributed by atoms with Gasteiger partial charge >= 0.3 is 0 Å². The predicted molar refractivity (Wildman–Crippen MR) is 108 cm³/mol. The van der Waals surface area contributed by atoms with Gasteiger partial charge in [-0.15, -0.1) is 0 Å². The first-order chi connectivity index (χ1) is 13.0. The van der Waals surface area contributed by atoms with Crippen LogP contribution in [0.2, 0.25) is 0 Å². The second-order valence-electron chi connectivity index (χ2n) is 6.31. The van der Waals surface area contributed by atoms with Crippen molar-refractivity contribution >= 4 is 20.8 Å². The van der Waals surface area contributed by atoms with Crippen LogP contribution in [0.5, 0.6) is 5.75 Å². The van der Waals surface area contributed by atoms with E-state index in [9.17, 15) is 8.42 Å². The summed E-state index contributed by atoms with van der Waals surface area (Å²) in [6, 6.07) is 19.1. The van der Waals surface area contributed by atoms with Gasteiger partial charge in [-0.3, -0.25) is 0 Å². The zero-order valence-electron chi connectivity index (χ0n) is 15.3. The number of nitrogens with two attached hydrogens (primary N) is 1. The fraction of sp³-hybridized carbons (Fsp3) is 0.238. The summed E-state index contributed by atoms with van der Waals surface area (Å²) in [5.74, 6) is 0.904. The smallest absolute Gasteiger partial charge is 0.238 e. The molecule has 5 nitrogen and oxygen atoms in total. The van der Waals surface area contributed by atoms with Gasteiger partial charge in [0.15, 0.2) is 0 Å². The van der Waals surface area contributed by atoms with Gasteiger partial charge in [0.1, 0.15) is 5.75 Å². The van der Waals surface area contributed by atoms with Crippen LogP contribution in [0.3, 0.4) is 0 Å². The number of rotatable bonds is 8. The van der Waals surface area contributed by atoms with Crippen LogP contribution in [-0.2, 0) is 23.0 Å². The van der Waals surface area contributed by atoms with E-state index in [0.717, 1.165) is 29.8 Å². The molecule has 0 aliphatic heterocycles. The van der Waals surface area contributed by atoms with Crippen LogP contribution in [0.4, 0.5) is 0 Å². The van der Waals surface area contributed by atoms with Crippen LogP contribution in [0.15, 0.2) is 65.6 Å². The molecule has 0 aromatic heterocycles. The molecular weight excluding hydrogens is 360 g/mol. The van der Waals surface area contributed by atoms with Crippen LogP contribution in [0.1, 0.15) is 18.1 Å². The van der Waals surface area contributed by atoms with Gasteiger partial charge in [-0.25, -0.2) is 13.6 Å². The first-order valence-electron chi connectivity index (χ1n) is 8.95. The lowest BCUT2D eigenvalue weighted by Gasteiger charge is -2.14. The Bertz CT molecular complexity index is 1020. The average Bonchev–Trinajstić information content (AvgIpc) is 2.66. The number of ether oxygens (including phenoxy) is 1. The molecule has 0 saturated carbocycles. The van der Waals surface area contributed by atoms with Crippen molar-refractivity contribution in [3.8, 4) is 5.75 Å². The summed E-state index contributed by atoms with van der Waals surface area (Å²) in [6.07, 6.45) is 0.791. The van der Waals surface area contributed by atoms with Gasteiger partial charge in [0.25, 0.3) is 0 Å². The predicted octanol–water partition coefficient (Wildman–Crippen LogP) is 3.22. The highest BCUT2D eigenvalue weighted by molar-refractivity contribution is 7.89. The van der Waals surface area contributed by atoms with Gasteiger partial charge in [-0.05, 0) is 54.4 Å². The van der Waals surface area contributed by atoms with E-state index in [2.05, 4.69) is 23.5 Å². The van der Waals surface area contributed by atoms with Crippen molar-refractivity contribution in [3.05, 3.63) is 71.8 Å². The minimum atomic E-state index is -3.64. The molecule has 0 aliphatic carbocycles. The molecule has 3 N–H and O–H groups in total. The zero-order chi connectivity index (χ0) is 19.3. The number of hydrogen-bond donors (Lipinski definition) is 2. The van der Waals surface area contributed by atoms with Crippen LogP contribution >= 0.6 is 0 Å². The number of primary sulfonamides is 1. The van der Waals surface area contributed by atoms with E-state index >= 15 is 0 Å². The molecule has 0 fully saturated rings. The minimum Gasteiger partial charge on any atom is -0.494 e. The highest BCUT2D eigenvalue weighted by Gasteiger charge is 2.09. The van der Waals surface area contributed by atoms with Gasteiger partial charge in [0, 0.05) is 12.1 Å². The van der Waals surface area contributed by atoms with Gasteiger partial charge < -0.3 is 10.1 Å². The summed E-state index contributed by atoms with van der Waals surface area (Å²) in [5.41, 5.74) is 2.21. The van der Waals surface area contributed by atoms with E-state index < -0.39 is 10.0 Å². The lowest BCUT2D eigenvalue weighted by molar-refractivity contribution is 0.336. The second kappa shape index (κ2) is 8.52. The quantitative estimate of drug-likeness (QED) is 0.584. The molecule has 3 rings (SSSR count). The fourth-order valence-corrected chi connectivity index (χ4v) is 3.60. The summed E-state index contributed by atoms with van der Waals surface area (Å²) >= 11 is 0. The zero-order valence-corrected chi connectivity index (χ0v) is 16.1. The normalized spacial score (nSPS) is 11.6. The maximum atomic E-state index is 11.3. The number of nitrogens with one attached hydrogen (secondary N) is 1. The van der Waals surface area contributed by atoms with Crippen molar-refractivity contribution in [2.24, 2.45) is 5.14 Å². The van der Waals surface area contributed by atoms with Crippen LogP contribution in [-0.4, -0.2) is 21.6 Å². The maximum Gasteiger partial charge on any atom is 0.238 e. The Morgan fingerprint density at radius 2 is 1.74 bits per heavy atom. The standard InChI is InChI=1S/C21H24N2O3S/c1-2-26-21-12-9-17-5-3-4-6-19(17)20(21)15-23-14-13-16-7-10-18(11-8-16)27(22,24)25/h3-12,23H,2,13-15H2,1H3,(H2,22,24,25). The lowest BCUT2D eigenvalue weighted by Crippen LogP contribution is -2.18. The molecule has 0 bridgehead atoms. The molecule has 0 heterocycles. The first kappa shape index (κ1) is 19.4. The second-order valence-corrected chi connectivity index (χ2v) is 7.87. The highest BCUT2D eigenvalue weighted by atomic mass is 32.2. The summed E-state index contributed by atoms with van der Waals surface area (Å²) in [7, 11) is -3.64. The van der Waals surface area contributed by atoms with E-state index in [1.54, 1.807) is 24.3 Å². The Hall–Kier alpha value is -2.41. The molecule has 0 spiro atoms. The number of hydrogen-bond acceptors (Lipinski definition) is 4. The lowest BCUT2D eigenvalue weighted by atomic mass is 10.0. The third kappa shape index (κ3) is 4.86. The van der Waals surface area contributed by atoms with Gasteiger partial charge in [-0.2, -0.15) is 0 Å². The molecule has 0 radical (unpaired) electrons. The average molecular weight is 385 g/mol. The van der Waals surface area contributed by atoms with Crippen molar-refractivity contribution in [2.75, 3.05) is 13.2 Å². The Balaban J connectivity index is 1.66. The molecule has 6 heteroatoms. The molecule has 0 aliphatic rings. The molecule has 3 aromatic carbocycles. The van der Waals surface area contributed by atoms with E-state index in [4.69, 9.17) is 9.88 Å². The van der Waals surface area contributed by atoms with Crippen LogP contribution in [0, 0.1) is 0 Å². The molecule has 27 heavy (non-hydrogen) atoms. The SMILES string of the molecule is CCOc1ccc2ccccc2c1CNCCc1ccc(S(N)(=O)=O)cc1. The number of sulfonamides is 1. The highest BCUT2D eigenvalue weighted by Crippen LogP contribution is 2.28. The maximum absolute atomic E-state index is 11.3. The molecule has 142 valence electrons. The van der Waals surface area contributed by atoms with Gasteiger partial charge in [0.2, 0.25) is 10.0 Å². The third-order valence-electron chi connectivity index (χ3n) is 4.44. The molecule has 0 unspecified atom stereocenters. The fourth-order valence-electron chi connectivity index (χ4n) is 3.08. The van der Waals surface area contributed by atoms with Crippen molar-refractivity contribution in [3.63, 3.8) is 0 Å². The van der Waals surface area contributed by atoms with Crippen LogP contribution < -0.4 is 15.2 Å². The Kier molecular flexibility index (Phi) is 6.11.